The fraction of sp³-hybridized carbons (Fsp3) is 0.182. The van der Waals surface area contributed by atoms with Gasteiger partial charge in [-0.2, -0.15) is 5.10 Å². The number of hydrogen-bond donors (Lipinski definition) is 1. The molecule has 0 radical (unpaired) electrons. The molecule has 0 aliphatic heterocycles. The van der Waals surface area contributed by atoms with Gasteiger partial charge in [0, 0.05) is 0 Å². The molecule has 1 aromatic heterocycles. The first-order valence-electron chi connectivity index (χ1n) is 4.69. The average molecular weight is 205 g/mol. The van der Waals surface area contributed by atoms with Crippen molar-refractivity contribution in [3.05, 3.63) is 47.5 Å². The van der Waals surface area contributed by atoms with Crippen LogP contribution in [0.15, 0.2) is 30.5 Å². The van der Waals surface area contributed by atoms with Crippen molar-refractivity contribution in [3.8, 4) is 0 Å². The van der Waals surface area contributed by atoms with Gasteiger partial charge in [-0.3, -0.25) is 4.68 Å². The highest BCUT2D eigenvalue weighted by atomic mass is 19.1. The van der Waals surface area contributed by atoms with Crippen LogP contribution >= 0.6 is 0 Å². The summed E-state index contributed by atoms with van der Waals surface area (Å²) in [4.78, 5) is 0. The van der Waals surface area contributed by atoms with Crippen LogP contribution in [-0.2, 0) is 6.54 Å². The summed E-state index contributed by atoms with van der Waals surface area (Å²) in [7, 11) is 0. The summed E-state index contributed by atoms with van der Waals surface area (Å²) in [6.45, 7) is 2.43. The fourth-order valence-electron chi connectivity index (χ4n) is 1.43. The number of nitrogens with zero attached hydrogens (tertiary/aromatic N) is 2. The molecule has 0 unspecified atom stereocenters. The van der Waals surface area contributed by atoms with Crippen LogP contribution < -0.4 is 5.73 Å². The fourth-order valence-corrected chi connectivity index (χ4v) is 1.43. The molecule has 0 spiro atoms. The molecule has 1 aromatic carbocycles. The first-order chi connectivity index (χ1) is 7.16. The second-order valence-electron chi connectivity index (χ2n) is 3.47. The number of aromatic nitrogens is 2. The van der Waals surface area contributed by atoms with Crippen LogP contribution in [0.25, 0.3) is 0 Å². The van der Waals surface area contributed by atoms with E-state index in [0.717, 1.165) is 11.3 Å². The molecule has 4 heteroatoms. The van der Waals surface area contributed by atoms with Crippen molar-refractivity contribution in [2.75, 3.05) is 5.73 Å². The third-order valence-corrected chi connectivity index (χ3v) is 2.36. The Morgan fingerprint density at radius 3 is 2.87 bits per heavy atom. The topological polar surface area (TPSA) is 43.8 Å². The Bertz CT molecular complexity index is 476. The SMILES string of the molecule is Cc1c(N)cnn1Cc1cccc(F)c1. The molecule has 2 N–H and O–H groups in total. The van der Waals surface area contributed by atoms with Gasteiger partial charge in [-0.25, -0.2) is 4.39 Å². The van der Waals surface area contributed by atoms with E-state index < -0.39 is 0 Å². The summed E-state index contributed by atoms with van der Waals surface area (Å²) in [6.07, 6.45) is 1.61. The summed E-state index contributed by atoms with van der Waals surface area (Å²) in [5, 5.41) is 4.11. The van der Waals surface area contributed by atoms with Gasteiger partial charge in [-0.15, -0.1) is 0 Å². The molecular weight excluding hydrogens is 193 g/mol. The van der Waals surface area contributed by atoms with E-state index in [1.54, 1.807) is 16.9 Å². The molecule has 0 aliphatic carbocycles. The number of rotatable bonds is 2. The van der Waals surface area contributed by atoms with Gasteiger partial charge in [0.2, 0.25) is 0 Å². The van der Waals surface area contributed by atoms with E-state index in [2.05, 4.69) is 5.10 Å². The Morgan fingerprint density at radius 1 is 1.47 bits per heavy atom. The van der Waals surface area contributed by atoms with E-state index in [4.69, 9.17) is 5.73 Å². The zero-order chi connectivity index (χ0) is 10.8. The van der Waals surface area contributed by atoms with Crippen molar-refractivity contribution >= 4 is 5.69 Å². The first kappa shape index (κ1) is 9.71. The van der Waals surface area contributed by atoms with E-state index >= 15 is 0 Å². The minimum atomic E-state index is -0.231. The molecule has 78 valence electrons. The Kier molecular flexibility index (Phi) is 2.41. The Labute approximate surface area is 87.3 Å². The zero-order valence-corrected chi connectivity index (χ0v) is 8.44. The minimum Gasteiger partial charge on any atom is -0.396 e. The highest BCUT2D eigenvalue weighted by molar-refractivity contribution is 5.40. The van der Waals surface area contributed by atoms with Gasteiger partial charge < -0.3 is 5.73 Å². The predicted octanol–water partition coefficient (Wildman–Crippen LogP) is 1.96. The van der Waals surface area contributed by atoms with Gasteiger partial charge >= 0.3 is 0 Å². The maximum atomic E-state index is 12.9. The zero-order valence-electron chi connectivity index (χ0n) is 8.44. The largest absolute Gasteiger partial charge is 0.396 e. The summed E-state index contributed by atoms with van der Waals surface area (Å²) >= 11 is 0. The van der Waals surface area contributed by atoms with Crippen molar-refractivity contribution in [1.82, 2.24) is 9.78 Å². The van der Waals surface area contributed by atoms with Crippen LogP contribution in [0.2, 0.25) is 0 Å². The molecule has 2 rings (SSSR count). The Hall–Kier alpha value is -1.84. The molecule has 0 bridgehead atoms. The van der Waals surface area contributed by atoms with Crippen LogP contribution in [0.4, 0.5) is 10.1 Å². The van der Waals surface area contributed by atoms with E-state index in [0.29, 0.717) is 12.2 Å². The predicted molar refractivity (Wildman–Crippen MR) is 56.9 cm³/mol. The molecular formula is C11H12FN3. The maximum Gasteiger partial charge on any atom is 0.123 e. The number of anilines is 1. The Morgan fingerprint density at radius 2 is 2.27 bits per heavy atom. The van der Waals surface area contributed by atoms with E-state index in [-0.39, 0.29) is 5.82 Å². The molecule has 2 aromatic rings. The summed E-state index contributed by atoms with van der Waals surface area (Å²) in [5.74, 6) is -0.231. The normalized spacial score (nSPS) is 10.5. The van der Waals surface area contributed by atoms with Crippen molar-refractivity contribution in [1.29, 1.82) is 0 Å². The van der Waals surface area contributed by atoms with Gasteiger partial charge in [0.05, 0.1) is 24.1 Å². The van der Waals surface area contributed by atoms with Crippen LogP contribution in [0.5, 0.6) is 0 Å². The molecule has 0 saturated heterocycles. The minimum absolute atomic E-state index is 0.231. The standard InChI is InChI=1S/C11H12FN3/c1-8-11(13)6-14-15(8)7-9-3-2-4-10(12)5-9/h2-6H,7,13H2,1H3. The summed E-state index contributed by atoms with van der Waals surface area (Å²) in [5.41, 5.74) is 8.10. The molecule has 15 heavy (non-hydrogen) atoms. The monoisotopic (exact) mass is 205 g/mol. The van der Waals surface area contributed by atoms with E-state index in [1.807, 2.05) is 13.0 Å². The molecule has 0 aliphatic rings. The second-order valence-corrected chi connectivity index (χ2v) is 3.47. The van der Waals surface area contributed by atoms with E-state index in [9.17, 15) is 4.39 Å². The number of hydrogen-bond acceptors (Lipinski definition) is 2. The summed E-state index contributed by atoms with van der Waals surface area (Å²) < 4.78 is 14.7. The van der Waals surface area contributed by atoms with Gasteiger partial charge in [0.25, 0.3) is 0 Å². The van der Waals surface area contributed by atoms with Crippen LogP contribution in [-0.4, -0.2) is 9.78 Å². The molecule has 0 fully saturated rings. The lowest BCUT2D eigenvalue weighted by Gasteiger charge is -2.04. The molecule has 3 nitrogen and oxygen atoms in total. The average Bonchev–Trinajstić information content (AvgIpc) is 2.50. The third kappa shape index (κ3) is 1.98. The number of nitrogen functional groups attached to an aromatic ring is 1. The molecule has 0 saturated carbocycles. The van der Waals surface area contributed by atoms with Crippen LogP contribution in [0.1, 0.15) is 11.3 Å². The number of benzene rings is 1. The van der Waals surface area contributed by atoms with Crippen LogP contribution in [0, 0.1) is 12.7 Å². The number of halogens is 1. The first-order valence-corrected chi connectivity index (χ1v) is 4.69. The molecule has 1 heterocycles. The van der Waals surface area contributed by atoms with Gasteiger partial charge in [-0.1, -0.05) is 12.1 Å². The van der Waals surface area contributed by atoms with Gasteiger partial charge in [-0.05, 0) is 24.6 Å². The molecule has 0 amide bonds. The smallest absolute Gasteiger partial charge is 0.123 e. The van der Waals surface area contributed by atoms with Crippen molar-refractivity contribution in [2.24, 2.45) is 0 Å². The lowest BCUT2D eigenvalue weighted by molar-refractivity contribution is 0.616. The quantitative estimate of drug-likeness (QED) is 0.814. The van der Waals surface area contributed by atoms with Crippen molar-refractivity contribution in [3.63, 3.8) is 0 Å². The summed E-state index contributed by atoms with van der Waals surface area (Å²) in [6, 6.07) is 6.47. The van der Waals surface area contributed by atoms with E-state index in [1.165, 1.54) is 12.1 Å². The highest BCUT2D eigenvalue weighted by Crippen LogP contribution is 2.11. The number of nitrogens with two attached hydrogens (primary N) is 1. The Balaban J connectivity index is 2.26. The lowest BCUT2D eigenvalue weighted by atomic mass is 10.2. The van der Waals surface area contributed by atoms with Crippen molar-refractivity contribution in [2.45, 2.75) is 13.5 Å². The van der Waals surface area contributed by atoms with Crippen molar-refractivity contribution < 1.29 is 4.39 Å². The third-order valence-electron chi connectivity index (χ3n) is 2.36. The highest BCUT2D eigenvalue weighted by Gasteiger charge is 2.03. The van der Waals surface area contributed by atoms with Gasteiger partial charge in [0.1, 0.15) is 5.82 Å². The van der Waals surface area contributed by atoms with Gasteiger partial charge in [0.15, 0.2) is 0 Å². The lowest BCUT2D eigenvalue weighted by Crippen LogP contribution is -2.04. The maximum absolute atomic E-state index is 12.9. The van der Waals surface area contributed by atoms with Crippen LogP contribution in [0.3, 0.4) is 0 Å². The molecule has 0 atom stereocenters. The second kappa shape index (κ2) is 3.73.